The Bertz CT molecular complexity index is 1720. The summed E-state index contributed by atoms with van der Waals surface area (Å²) in [4.78, 5) is 28.5. The molecule has 0 atom stereocenters. The van der Waals surface area contributed by atoms with Crippen LogP contribution in [0.4, 0.5) is 11.4 Å². The van der Waals surface area contributed by atoms with Gasteiger partial charge in [-0.2, -0.15) is 4.31 Å². The van der Waals surface area contributed by atoms with Gasteiger partial charge < -0.3 is 15.0 Å². The van der Waals surface area contributed by atoms with E-state index in [1.54, 1.807) is 67.5 Å². The minimum absolute atomic E-state index is 0.0400. The summed E-state index contributed by atoms with van der Waals surface area (Å²) in [5.41, 5.74) is 4.93. The average molecular weight is 584 g/mol. The summed E-state index contributed by atoms with van der Waals surface area (Å²) >= 11 is 0. The van der Waals surface area contributed by atoms with Crippen molar-refractivity contribution in [2.24, 2.45) is 0 Å². The number of carbonyl (C=O) groups excluding carboxylic acids is 2. The Balaban J connectivity index is 1.37. The van der Waals surface area contributed by atoms with E-state index in [9.17, 15) is 18.0 Å². The molecule has 1 aliphatic heterocycles. The van der Waals surface area contributed by atoms with Crippen molar-refractivity contribution in [3.63, 3.8) is 0 Å². The predicted molar refractivity (Wildman–Crippen MR) is 163 cm³/mol. The van der Waals surface area contributed by atoms with Gasteiger partial charge in [-0.25, -0.2) is 8.42 Å². The average Bonchev–Trinajstić information content (AvgIpc) is 3.41. The highest BCUT2D eigenvalue weighted by Crippen LogP contribution is 2.32. The fourth-order valence-corrected chi connectivity index (χ4v) is 6.75. The van der Waals surface area contributed by atoms with E-state index in [0.29, 0.717) is 35.5 Å². The van der Waals surface area contributed by atoms with E-state index in [4.69, 9.17) is 4.74 Å². The number of amides is 2. The number of fused-ring (bicyclic) bond motifs is 1. The number of nitrogens with one attached hydrogen (secondary N) is 1. The lowest BCUT2D eigenvalue weighted by molar-refractivity contribution is -0.116. The SMILES string of the molecule is COc1ccc(C(=O)N2CCc3ccc(NC(=O)CN(Cc4ccccc4)S(=O)(=O)c4cc(C)ccc4C)cc32)cc1. The topological polar surface area (TPSA) is 96.0 Å². The summed E-state index contributed by atoms with van der Waals surface area (Å²) in [6, 6.07) is 26.8. The van der Waals surface area contributed by atoms with Crippen molar-refractivity contribution in [2.75, 3.05) is 30.4 Å². The van der Waals surface area contributed by atoms with Gasteiger partial charge in [0.2, 0.25) is 15.9 Å². The number of aryl methyl sites for hydroxylation is 2. The largest absolute Gasteiger partial charge is 0.497 e. The van der Waals surface area contributed by atoms with Gasteiger partial charge in [0.05, 0.1) is 18.6 Å². The highest BCUT2D eigenvalue weighted by molar-refractivity contribution is 7.89. The Morgan fingerprint density at radius 1 is 0.929 bits per heavy atom. The summed E-state index contributed by atoms with van der Waals surface area (Å²) < 4.78 is 34.1. The fraction of sp³-hybridized carbons (Fsp3) is 0.212. The van der Waals surface area contributed by atoms with Crippen LogP contribution in [0.15, 0.2) is 95.9 Å². The molecule has 8 nitrogen and oxygen atoms in total. The van der Waals surface area contributed by atoms with E-state index in [0.717, 1.165) is 22.4 Å². The van der Waals surface area contributed by atoms with Gasteiger partial charge in [0.1, 0.15) is 5.75 Å². The lowest BCUT2D eigenvalue weighted by Crippen LogP contribution is -2.38. The first-order valence-corrected chi connectivity index (χ1v) is 15.1. The molecule has 0 saturated carbocycles. The smallest absolute Gasteiger partial charge is 0.258 e. The van der Waals surface area contributed by atoms with Crippen molar-refractivity contribution in [3.05, 3.63) is 119 Å². The Morgan fingerprint density at radius 3 is 2.38 bits per heavy atom. The normalized spacial score (nSPS) is 12.7. The molecule has 0 aliphatic carbocycles. The number of nitrogens with zero attached hydrogens (tertiary/aromatic N) is 2. The van der Waals surface area contributed by atoms with Gasteiger partial charge in [-0.3, -0.25) is 9.59 Å². The first-order valence-electron chi connectivity index (χ1n) is 13.7. The van der Waals surface area contributed by atoms with Crippen LogP contribution in [-0.4, -0.2) is 44.7 Å². The standard InChI is InChI=1S/C33H33N3O5S/c1-23-9-10-24(2)31(19-23)42(39,40)35(21-25-7-5-4-6-8-25)22-32(37)34-28-14-11-26-17-18-36(30(26)20-28)33(38)27-12-15-29(41-3)16-13-27/h4-16,19-20H,17-18,21-22H2,1-3H3,(H,34,37). The number of anilines is 2. The van der Waals surface area contributed by atoms with Crippen LogP contribution in [0.1, 0.15) is 32.6 Å². The van der Waals surface area contributed by atoms with Crippen molar-refractivity contribution < 1.29 is 22.7 Å². The molecule has 1 N–H and O–H groups in total. The third kappa shape index (κ3) is 6.22. The van der Waals surface area contributed by atoms with Crippen molar-refractivity contribution in [1.82, 2.24) is 4.31 Å². The molecule has 0 fully saturated rings. The van der Waals surface area contributed by atoms with Gasteiger partial charge in [0.15, 0.2) is 0 Å². The lowest BCUT2D eigenvalue weighted by Gasteiger charge is -2.23. The monoisotopic (exact) mass is 583 g/mol. The maximum Gasteiger partial charge on any atom is 0.258 e. The fourth-order valence-electron chi connectivity index (χ4n) is 5.06. The number of hydrogen-bond donors (Lipinski definition) is 1. The predicted octanol–water partition coefficient (Wildman–Crippen LogP) is 5.34. The van der Waals surface area contributed by atoms with Crippen LogP contribution in [0.25, 0.3) is 0 Å². The summed E-state index contributed by atoms with van der Waals surface area (Å²) in [6.45, 7) is 3.77. The minimum Gasteiger partial charge on any atom is -0.497 e. The Kier molecular flexibility index (Phi) is 8.42. The molecule has 1 aliphatic rings. The molecule has 4 aromatic carbocycles. The Morgan fingerprint density at radius 2 is 1.67 bits per heavy atom. The van der Waals surface area contributed by atoms with E-state index >= 15 is 0 Å². The van der Waals surface area contributed by atoms with E-state index in [2.05, 4.69) is 5.32 Å². The van der Waals surface area contributed by atoms with E-state index < -0.39 is 15.9 Å². The molecule has 5 rings (SSSR count). The van der Waals surface area contributed by atoms with Crippen LogP contribution in [-0.2, 0) is 27.8 Å². The maximum absolute atomic E-state index is 13.8. The summed E-state index contributed by atoms with van der Waals surface area (Å²) in [6.07, 6.45) is 0.699. The lowest BCUT2D eigenvalue weighted by atomic mass is 10.1. The van der Waals surface area contributed by atoms with Crippen LogP contribution in [0.3, 0.4) is 0 Å². The molecule has 0 saturated heterocycles. The van der Waals surface area contributed by atoms with Gasteiger partial charge in [-0.15, -0.1) is 0 Å². The minimum atomic E-state index is -3.99. The maximum atomic E-state index is 13.8. The van der Waals surface area contributed by atoms with Gasteiger partial charge in [-0.05, 0) is 85.0 Å². The molecule has 0 aromatic heterocycles. The number of benzene rings is 4. The summed E-state index contributed by atoms with van der Waals surface area (Å²) in [5, 5.41) is 2.85. The van der Waals surface area contributed by atoms with E-state index in [1.807, 2.05) is 49.4 Å². The number of rotatable bonds is 9. The molecule has 216 valence electrons. The summed E-state index contributed by atoms with van der Waals surface area (Å²) in [7, 11) is -2.42. The van der Waals surface area contributed by atoms with Gasteiger partial charge in [-0.1, -0.05) is 48.5 Å². The van der Waals surface area contributed by atoms with Gasteiger partial charge >= 0.3 is 0 Å². The zero-order chi connectivity index (χ0) is 29.9. The molecule has 4 aromatic rings. The molecular weight excluding hydrogens is 550 g/mol. The van der Waals surface area contributed by atoms with Gasteiger partial charge in [0.25, 0.3) is 5.91 Å². The second kappa shape index (κ2) is 12.2. The van der Waals surface area contributed by atoms with E-state index in [-0.39, 0.29) is 23.9 Å². The van der Waals surface area contributed by atoms with Crippen LogP contribution in [0, 0.1) is 13.8 Å². The second-order valence-electron chi connectivity index (χ2n) is 10.4. The number of ether oxygens (including phenoxy) is 1. The third-order valence-electron chi connectivity index (χ3n) is 7.33. The second-order valence-corrected chi connectivity index (χ2v) is 12.3. The van der Waals surface area contributed by atoms with Crippen molar-refractivity contribution in [3.8, 4) is 5.75 Å². The first-order chi connectivity index (χ1) is 20.2. The highest BCUT2D eigenvalue weighted by atomic mass is 32.2. The molecule has 42 heavy (non-hydrogen) atoms. The van der Waals surface area contributed by atoms with Crippen LogP contribution in [0.5, 0.6) is 5.75 Å². The van der Waals surface area contributed by atoms with Crippen molar-refractivity contribution in [2.45, 2.75) is 31.7 Å². The highest BCUT2D eigenvalue weighted by Gasteiger charge is 2.30. The van der Waals surface area contributed by atoms with Crippen molar-refractivity contribution >= 4 is 33.2 Å². The number of hydrogen-bond acceptors (Lipinski definition) is 5. The van der Waals surface area contributed by atoms with Crippen LogP contribution < -0.4 is 15.0 Å². The zero-order valence-corrected chi connectivity index (χ0v) is 24.6. The number of carbonyl (C=O) groups is 2. The van der Waals surface area contributed by atoms with Gasteiger partial charge in [0, 0.05) is 30.0 Å². The Labute approximate surface area is 246 Å². The third-order valence-corrected chi connectivity index (χ3v) is 9.26. The number of methoxy groups -OCH3 is 1. The zero-order valence-electron chi connectivity index (χ0n) is 23.8. The first kappa shape index (κ1) is 29.0. The molecule has 9 heteroatoms. The molecule has 0 radical (unpaired) electrons. The quantitative estimate of drug-likeness (QED) is 0.287. The Hall–Kier alpha value is -4.47. The number of sulfonamides is 1. The van der Waals surface area contributed by atoms with Crippen LogP contribution >= 0.6 is 0 Å². The molecule has 0 unspecified atom stereocenters. The molecule has 2 amide bonds. The molecule has 1 heterocycles. The van der Waals surface area contributed by atoms with E-state index in [1.165, 1.54) is 4.31 Å². The molecular formula is C33H33N3O5S. The summed E-state index contributed by atoms with van der Waals surface area (Å²) in [5.74, 6) is 0.0403. The molecule has 0 bridgehead atoms. The van der Waals surface area contributed by atoms with Crippen molar-refractivity contribution in [1.29, 1.82) is 0 Å². The van der Waals surface area contributed by atoms with Crippen LogP contribution in [0.2, 0.25) is 0 Å². The molecule has 0 spiro atoms.